The summed E-state index contributed by atoms with van der Waals surface area (Å²) in [6, 6.07) is 14.3. The van der Waals surface area contributed by atoms with Crippen LogP contribution in [0.1, 0.15) is 41.6 Å². The number of benzene rings is 2. The van der Waals surface area contributed by atoms with Crippen molar-refractivity contribution in [1.82, 2.24) is 4.57 Å². The number of hydrogen-bond donors (Lipinski definition) is 0. The average molecular weight is 371 g/mol. The molecule has 0 spiro atoms. The maximum absolute atomic E-state index is 13.1. The van der Waals surface area contributed by atoms with Crippen molar-refractivity contribution >= 4 is 28.2 Å². The number of carbonyl (C=O) groups is 1. The molecule has 1 aliphatic rings. The number of nitrogens with zero attached hydrogens (tertiary/aromatic N) is 3. The second-order valence-electron chi connectivity index (χ2n) is 7.18. The molecule has 28 heavy (non-hydrogen) atoms. The summed E-state index contributed by atoms with van der Waals surface area (Å²) >= 11 is 0. The minimum Gasteiger partial charge on any atom is -0.313 e. The summed E-state index contributed by atoms with van der Waals surface area (Å²) in [6.07, 6.45) is 2.18. The van der Waals surface area contributed by atoms with Crippen LogP contribution in [-0.4, -0.2) is 17.5 Å². The summed E-state index contributed by atoms with van der Waals surface area (Å²) in [5.74, 6) is 0.278. The molecule has 3 aromatic rings. The van der Waals surface area contributed by atoms with Crippen LogP contribution in [0.25, 0.3) is 15.7 Å². The highest BCUT2D eigenvalue weighted by Crippen LogP contribution is 2.42. The number of hydrogen-bond acceptors (Lipinski definition) is 2. The van der Waals surface area contributed by atoms with Gasteiger partial charge in [-0.1, -0.05) is 12.1 Å². The lowest BCUT2D eigenvalue weighted by Gasteiger charge is -2.19. The standard InChI is InChI=1S/C23H21N3O2/c1-4-26-21-11-10-16(12-20(21)19(14-22(26)27)15-8-9-15)23(28)25(3)18-7-5-6-17(13-18)24-2/h5-7,10-15H,4,8-9H2,1,3H3. The molecule has 0 N–H and O–H groups in total. The van der Waals surface area contributed by atoms with Crippen LogP contribution in [0.15, 0.2) is 53.3 Å². The molecule has 0 atom stereocenters. The predicted molar refractivity (Wildman–Crippen MR) is 111 cm³/mol. The summed E-state index contributed by atoms with van der Waals surface area (Å²) < 4.78 is 1.75. The average Bonchev–Trinajstić information content (AvgIpc) is 3.57. The van der Waals surface area contributed by atoms with Crippen LogP contribution in [-0.2, 0) is 6.54 Å². The van der Waals surface area contributed by atoms with E-state index in [0.717, 1.165) is 29.3 Å². The van der Waals surface area contributed by atoms with Crippen LogP contribution in [0.3, 0.4) is 0 Å². The van der Waals surface area contributed by atoms with Crippen molar-refractivity contribution in [3.05, 3.63) is 81.4 Å². The summed E-state index contributed by atoms with van der Waals surface area (Å²) in [5.41, 5.74) is 3.71. The molecule has 0 unspecified atom stereocenters. The van der Waals surface area contributed by atoms with E-state index in [4.69, 9.17) is 6.57 Å². The third kappa shape index (κ3) is 3.07. The van der Waals surface area contributed by atoms with Gasteiger partial charge in [0.2, 0.25) is 0 Å². The first-order valence-corrected chi connectivity index (χ1v) is 9.46. The Morgan fingerprint density at radius 3 is 2.68 bits per heavy atom. The van der Waals surface area contributed by atoms with Gasteiger partial charge >= 0.3 is 0 Å². The summed E-state index contributed by atoms with van der Waals surface area (Å²) in [4.78, 5) is 30.5. The molecule has 1 fully saturated rings. The van der Waals surface area contributed by atoms with Gasteiger partial charge in [0.15, 0.2) is 5.69 Å². The molecular weight excluding hydrogens is 350 g/mol. The maximum atomic E-state index is 13.1. The Balaban J connectivity index is 1.79. The molecule has 1 saturated carbocycles. The van der Waals surface area contributed by atoms with Crippen molar-refractivity contribution in [3.8, 4) is 0 Å². The highest BCUT2D eigenvalue weighted by Gasteiger charge is 2.27. The first kappa shape index (κ1) is 18.0. The second kappa shape index (κ2) is 6.97. The molecule has 0 radical (unpaired) electrons. The van der Waals surface area contributed by atoms with Crippen molar-refractivity contribution in [2.45, 2.75) is 32.2 Å². The molecule has 4 rings (SSSR count). The quantitative estimate of drug-likeness (QED) is 0.623. The number of pyridine rings is 1. The van der Waals surface area contributed by atoms with Crippen molar-refractivity contribution in [1.29, 1.82) is 0 Å². The molecular formula is C23H21N3O2. The van der Waals surface area contributed by atoms with Gasteiger partial charge in [-0.3, -0.25) is 9.59 Å². The van der Waals surface area contributed by atoms with Crippen LogP contribution in [0.2, 0.25) is 0 Å². The lowest BCUT2D eigenvalue weighted by Crippen LogP contribution is -2.26. The van der Waals surface area contributed by atoms with E-state index in [1.807, 2.05) is 25.1 Å². The van der Waals surface area contributed by atoms with Crippen molar-refractivity contribution in [2.24, 2.45) is 0 Å². The summed E-state index contributed by atoms with van der Waals surface area (Å²) in [5, 5.41) is 0.984. The number of fused-ring (bicyclic) bond motifs is 1. The van der Waals surface area contributed by atoms with Crippen molar-refractivity contribution in [2.75, 3.05) is 11.9 Å². The Kier molecular flexibility index (Phi) is 4.48. The Morgan fingerprint density at radius 2 is 2.00 bits per heavy atom. The van der Waals surface area contributed by atoms with Crippen molar-refractivity contribution < 1.29 is 4.79 Å². The van der Waals surface area contributed by atoms with Gasteiger partial charge in [0, 0.05) is 36.3 Å². The van der Waals surface area contributed by atoms with E-state index in [1.54, 1.807) is 46.8 Å². The molecule has 5 heteroatoms. The normalized spacial score (nSPS) is 13.3. The van der Waals surface area contributed by atoms with E-state index in [0.29, 0.717) is 29.4 Å². The highest BCUT2D eigenvalue weighted by molar-refractivity contribution is 6.08. The van der Waals surface area contributed by atoms with Gasteiger partial charge in [0.25, 0.3) is 11.5 Å². The van der Waals surface area contributed by atoms with Crippen LogP contribution < -0.4 is 10.5 Å². The van der Waals surface area contributed by atoms with Gasteiger partial charge in [-0.2, -0.15) is 0 Å². The van der Waals surface area contributed by atoms with Crippen molar-refractivity contribution in [3.63, 3.8) is 0 Å². The van der Waals surface area contributed by atoms with Gasteiger partial charge in [-0.25, -0.2) is 4.85 Å². The van der Waals surface area contributed by atoms with Gasteiger partial charge in [-0.15, -0.1) is 0 Å². The smallest absolute Gasteiger partial charge is 0.257 e. The molecule has 2 aromatic carbocycles. The van der Waals surface area contributed by atoms with Gasteiger partial charge < -0.3 is 9.47 Å². The molecule has 1 aliphatic carbocycles. The fourth-order valence-electron chi connectivity index (χ4n) is 3.68. The zero-order chi connectivity index (χ0) is 19.8. The number of carbonyl (C=O) groups excluding carboxylic acids is 1. The maximum Gasteiger partial charge on any atom is 0.257 e. The predicted octanol–water partition coefficient (Wildman–Crippen LogP) is 4.73. The van der Waals surface area contributed by atoms with E-state index in [9.17, 15) is 9.59 Å². The fourth-order valence-corrected chi connectivity index (χ4v) is 3.68. The minimum absolute atomic E-state index is 0.0176. The molecule has 140 valence electrons. The van der Waals surface area contributed by atoms with E-state index in [2.05, 4.69) is 4.85 Å². The second-order valence-corrected chi connectivity index (χ2v) is 7.18. The lowest BCUT2D eigenvalue weighted by molar-refractivity contribution is 0.0993. The van der Waals surface area contributed by atoms with Crippen LogP contribution >= 0.6 is 0 Å². The summed E-state index contributed by atoms with van der Waals surface area (Å²) in [7, 11) is 1.71. The zero-order valence-electron chi connectivity index (χ0n) is 16.0. The third-order valence-electron chi connectivity index (χ3n) is 5.37. The van der Waals surface area contributed by atoms with Crippen LogP contribution in [0.5, 0.6) is 0 Å². The molecule has 0 bridgehead atoms. The number of anilines is 1. The first-order chi connectivity index (χ1) is 13.5. The molecule has 1 amide bonds. The SMILES string of the molecule is [C-]#[N+]c1cccc(N(C)C(=O)c2ccc3c(c2)c(C2CC2)cc(=O)n3CC)c1. The molecule has 1 heterocycles. The van der Waals surface area contributed by atoms with Gasteiger partial charge in [0.1, 0.15) is 0 Å². The van der Waals surface area contributed by atoms with E-state index < -0.39 is 0 Å². The fraction of sp³-hybridized carbons (Fsp3) is 0.261. The van der Waals surface area contributed by atoms with E-state index in [1.165, 1.54) is 0 Å². The number of aryl methyl sites for hydroxylation is 1. The topological polar surface area (TPSA) is 46.7 Å². The van der Waals surface area contributed by atoms with E-state index in [-0.39, 0.29) is 11.5 Å². The highest BCUT2D eigenvalue weighted by atomic mass is 16.2. The van der Waals surface area contributed by atoms with Gasteiger partial charge in [-0.05, 0) is 61.6 Å². The number of amides is 1. The lowest BCUT2D eigenvalue weighted by atomic mass is 10.0. The molecule has 0 saturated heterocycles. The Bertz CT molecular complexity index is 1180. The van der Waals surface area contributed by atoms with Gasteiger partial charge in [0.05, 0.1) is 12.1 Å². The Morgan fingerprint density at radius 1 is 1.21 bits per heavy atom. The third-order valence-corrected chi connectivity index (χ3v) is 5.37. The Labute approximate surface area is 163 Å². The minimum atomic E-state index is -0.139. The molecule has 0 aliphatic heterocycles. The van der Waals surface area contributed by atoms with Crippen LogP contribution in [0, 0.1) is 6.57 Å². The first-order valence-electron chi connectivity index (χ1n) is 9.46. The zero-order valence-corrected chi connectivity index (χ0v) is 16.0. The molecule has 5 nitrogen and oxygen atoms in total. The van der Waals surface area contributed by atoms with Crippen LogP contribution in [0.4, 0.5) is 11.4 Å². The Hall–Kier alpha value is -3.39. The number of aromatic nitrogens is 1. The summed E-state index contributed by atoms with van der Waals surface area (Å²) in [6.45, 7) is 9.71. The number of rotatable bonds is 4. The van der Waals surface area contributed by atoms with E-state index >= 15 is 0 Å². The monoisotopic (exact) mass is 371 g/mol. The molecule has 1 aromatic heterocycles. The largest absolute Gasteiger partial charge is 0.313 e.